The zero-order chi connectivity index (χ0) is 12.5. The molecule has 1 aliphatic rings. The Bertz CT molecular complexity index is 536. The maximum Gasteiger partial charge on any atom is 0.182 e. The predicted molar refractivity (Wildman–Crippen MR) is 64.7 cm³/mol. The molecule has 1 saturated heterocycles. The van der Waals surface area contributed by atoms with E-state index in [1.165, 1.54) is 6.20 Å². The first-order valence-corrected chi connectivity index (χ1v) is 7.40. The van der Waals surface area contributed by atoms with Crippen molar-refractivity contribution in [2.24, 2.45) is 0 Å². The lowest BCUT2D eigenvalue weighted by molar-refractivity contribution is 0.0980. The number of hydrogen-bond acceptors (Lipinski definition) is 4. The topological polar surface area (TPSA) is 64.1 Å². The number of carbonyl (C=O) groups excluding carboxylic acids is 1. The highest BCUT2D eigenvalue weighted by Crippen LogP contribution is 2.23. The minimum Gasteiger partial charge on any atom is -0.293 e. The van der Waals surface area contributed by atoms with Gasteiger partial charge in [-0.1, -0.05) is 6.42 Å². The second kappa shape index (κ2) is 4.56. The van der Waals surface area contributed by atoms with Gasteiger partial charge in [0.2, 0.25) is 0 Å². The van der Waals surface area contributed by atoms with Gasteiger partial charge in [-0.25, -0.2) is 8.42 Å². The zero-order valence-electron chi connectivity index (χ0n) is 9.72. The molecule has 1 aromatic rings. The fourth-order valence-corrected chi connectivity index (χ4v) is 4.01. The number of sulfone groups is 1. The van der Waals surface area contributed by atoms with Crippen LogP contribution < -0.4 is 0 Å². The van der Waals surface area contributed by atoms with Crippen molar-refractivity contribution in [1.82, 2.24) is 4.98 Å². The fraction of sp³-hybridized carbons (Fsp3) is 0.500. The summed E-state index contributed by atoms with van der Waals surface area (Å²) in [6.45, 7) is 1.80. The van der Waals surface area contributed by atoms with Crippen molar-refractivity contribution in [2.45, 2.75) is 31.4 Å². The third kappa shape index (κ3) is 2.39. The highest BCUT2D eigenvalue weighted by Gasteiger charge is 2.35. The maximum atomic E-state index is 12.2. The number of pyridine rings is 1. The van der Waals surface area contributed by atoms with Gasteiger partial charge >= 0.3 is 0 Å². The predicted octanol–water partition coefficient (Wildman–Crippen LogP) is 1.54. The lowest BCUT2D eigenvalue weighted by Crippen LogP contribution is -2.35. The molecule has 92 valence electrons. The number of aryl methyl sites for hydroxylation is 1. The van der Waals surface area contributed by atoms with Crippen LogP contribution in [0.25, 0.3) is 0 Å². The summed E-state index contributed by atoms with van der Waals surface area (Å²) in [4.78, 5) is 16.1. The van der Waals surface area contributed by atoms with E-state index in [2.05, 4.69) is 4.98 Å². The molecule has 1 aliphatic heterocycles. The molecule has 2 heterocycles. The third-order valence-electron chi connectivity index (χ3n) is 3.18. The molecule has 1 aromatic heterocycles. The number of hydrogen-bond donors (Lipinski definition) is 0. The second-order valence-electron chi connectivity index (χ2n) is 4.41. The number of rotatable bonds is 2. The molecule has 1 atom stereocenters. The fourth-order valence-electron chi connectivity index (χ4n) is 2.14. The SMILES string of the molecule is Cc1ccncc1C(=O)C1CCCCS1(=O)=O. The number of carbonyl (C=O) groups is 1. The largest absolute Gasteiger partial charge is 0.293 e. The molecule has 5 heteroatoms. The Kier molecular flexibility index (Phi) is 3.28. The van der Waals surface area contributed by atoms with Gasteiger partial charge in [0.15, 0.2) is 15.6 Å². The van der Waals surface area contributed by atoms with Crippen LogP contribution in [0.1, 0.15) is 35.2 Å². The summed E-state index contributed by atoms with van der Waals surface area (Å²) in [5.74, 6) is -0.168. The van der Waals surface area contributed by atoms with Crippen LogP contribution in [-0.2, 0) is 9.84 Å². The van der Waals surface area contributed by atoms with Crippen molar-refractivity contribution in [2.75, 3.05) is 5.75 Å². The molecule has 0 spiro atoms. The number of Topliss-reactive ketones (excluding diaryl/α,β-unsaturated/α-hetero) is 1. The molecule has 17 heavy (non-hydrogen) atoms. The molecule has 2 rings (SSSR count). The molecule has 0 aromatic carbocycles. The molecule has 0 radical (unpaired) electrons. The lowest BCUT2D eigenvalue weighted by Gasteiger charge is -2.21. The van der Waals surface area contributed by atoms with E-state index >= 15 is 0 Å². The first-order chi connectivity index (χ1) is 8.02. The third-order valence-corrected chi connectivity index (χ3v) is 5.35. The van der Waals surface area contributed by atoms with Gasteiger partial charge in [-0.3, -0.25) is 9.78 Å². The van der Waals surface area contributed by atoms with E-state index in [-0.39, 0.29) is 11.5 Å². The minimum absolute atomic E-state index is 0.128. The molecule has 0 aliphatic carbocycles. The summed E-state index contributed by atoms with van der Waals surface area (Å²) >= 11 is 0. The highest BCUT2D eigenvalue weighted by atomic mass is 32.2. The van der Waals surface area contributed by atoms with Crippen molar-refractivity contribution in [3.63, 3.8) is 0 Å². The van der Waals surface area contributed by atoms with Gasteiger partial charge in [-0.2, -0.15) is 0 Å². The quantitative estimate of drug-likeness (QED) is 0.750. The molecular formula is C12H15NO3S. The van der Waals surface area contributed by atoms with E-state index in [0.717, 1.165) is 12.0 Å². The summed E-state index contributed by atoms with van der Waals surface area (Å²) in [6.07, 6.45) is 4.96. The van der Waals surface area contributed by atoms with E-state index < -0.39 is 15.1 Å². The van der Waals surface area contributed by atoms with Crippen LogP contribution in [0, 0.1) is 6.92 Å². The van der Waals surface area contributed by atoms with Crippen LogP contribution in [0.5, 0.6) is 0 Å². The summed E-state index contributed by atoms with van der Waals surface area (Å²) in [5, 5.41) is -0.862. The Hall–Kier alpha value is -1.23. The van der Waals surface area contributed by atoms with Crippen LogP contribution in [-0.4, -0.2) is 30.2 Å². The van der Waals surface area contributed by atoms with Gasteiger partial charge in [-0.05, 0) is 31.4 Å². The maximum absolute atomic E-state index is 12.2. The van der Waals surface area contributed by atoms with Crippen molar-refractivity contribution < 1.29 is 13.2 Å². The summed E-state index contributed by atoms with van der Waals surface area (Å²) in [5.41, 5.74) is 1.22. The van der Waals surface area contributed by atoms with Gasteiger partial charge in [0.05, 0.1) is 5.75 Å². The van der Waals surface area contributed by atoms with Crippen LogP contribution in [0.4, 0.5) is 0 Å². The average molecular weight is 253 g/mol. The summed E-state index contributed by atoms with van der Waals surface area (Å²) in [6, 6.07) is 1.72. The Morgan fingerprint density at radius 2 is 2.18 bits per heavy atom. The smallest absolute Gasteiger partial charge is 0.182 e. The molecule has 1 fully saturated rings. The van der Waals surface area contributed by atoms with Gasteiger partial charge < -0.3 is 0 Å². The number of ketones is 1. The molecule has 4 nitrogen and oxygen atoms in total. The van der Waals surface area contributed by atoms with E-state index in [1.807, 2.05) is 0 Å². The number of nitrogens with zero attached hydrogens (tertiary/aromatic N) is 1. The second-order valence-corrected chi connectivity index (χ2v) is 6.71. The lowest BCUT2D eigenvalue weighted by atomic mass is 10.0. The van der Waals surface area contributed by atoms with Crippen molar-refractivity contribution in [1.29, 1.82) is 0 Å². The van der Waals surface area contributed by atoms with Crippen molar-refractivity contribution >= 4 is 15.6 Å². The number of aromatic nitrogens is 1. The van der Waals surface area contributed by atoms with Crippen LogP contribution in [0.15, 0.2) is 18.5 Å². The average Bonchev–Trinajstić information content (AvgIpc) is 2.28. The molecule has 0 bridgehead atoms. The van der Waals surface area contributed by atoms with Gasteiger partial charge in [-0.15, -0.1) is 0 Å². The Morgan fingerprint density at radius 3 is 2.82 bits per heavy atom. The van der Waals surface area contributed by atoms with Crippen LogP contribution >= 0.6 is 0 Å². The Balaban J connectivity index is 2.35. The Morgan fingerprint density at radius 1 is 1.41 bits per heavy atom. The standard InChI is InChI=1S/C12H15NO3S/c1-9-5-6-13-8-10(9)12(14)11-4-2-3-7-17(11,15)16/h5-6,8,11H,2-4,7H2,1H3. The van der Waals surface area contributed by atoms with Gasteiger partial charge in [0, 0.05) is 18.0 Å². The van der Waals surface area contributed by atoms with E-state index in [0.29, 0.717) is 18.4 Å². The molecule has 0 N–H and O–H groups in total. The minimum atomic E-state index is -3.27. The summed E-state index contributed by atoms with van der Waals surface area (Å²) < 4.78 is 23.7. The molecule has 1 unspecified atom stereocenters. The van der Waals surface area contributed by atoms with Crippen molar-refractivity contribution in [3.05, 3.63) is 29.6 Å². The van der Waals surface area contributed by atoms with Crippen LogP contribution in [0.2, 0.25) is 0 Å². The van der Waals surface area contributed by atoms with Gasteiger partial charge in [0.25, 0.3) is 0 Å². The highest BCUT2D eigenvalue weighted by molar-refractivity contribution is 7.92. The molecule has 0 amide bonds. The monoisotopic (exact) mass is 253 g/mol. The summed E-state index contributed by atoms with van der Waals surface area (Å²) in [7, 11) is -3.27. The normalized spacial score (nSPS) is 23.2. The van der Waals surface area contributed by atoms with E-state index in [9.17, 15) is 13.2 Å². The van der Waals surface area contributed by atoms with Crippen LogP contribution in [0.3, 0.4) is 0 Å². The molecular weight excluding hydrogens is 238 g/mol. The molecule has 0 saturated carbocycles. The first-order valence-electron chi connectivity index (χ1n) is 5.69. The van der Waals surface area contributed by atoms with E-state index in [4.69, 9.17) is 0 Å². The zero-order valence-corrected chi connectivity index (χ0v) is 10.5. The van der Waals surface area contributed by atoms with E-state index in [1.54, 1.807) is 19.2 Å². The Labute approximate surface area is 101 Å². The van der Waals surface area contributed by atoms with Crippen molar-refractivity contribution in [3.8, 4) is 0 Å². The first kappa shape index (κ1) is 12.2. The van der Waals surface area contributed by atoms with Gasteiger partial charge in [0.1, 0.15) is 5.25 Å².